The van der Waals surface area contributed by atoms with Crippen molar-refractivity contribution in [3.05, 3.63) is 104 Å². The number of aromatic nitrogens is 4. The maximum atomic E-state index is 11.1. The molecule has 4 aromatic rings. The lowest BCUT2D eigenvalue weighted by molar-refractivity contribution is -0.142. The van der Waals surface area contributed by atoms with E-state index in [0.29, 0.717) is 34.8 Å². The van der Waals surface area contributed by atoms with Crippen LogP contribution in [0.2, 0.25) is 10.3 Å². The molecule has 2 heterocycles. The molecule has 252 valence electrons. The van der Waals surface area contributed by atoms with Crippen LogP contribution in [0.4, 0.5) is 0 Å². The third-order valence-electron chi connectivity index (χ3n) is 7.36. The van der Waals surface area contributed by atoms with Crippen molar-refractivity contribution in [2.45, 2.75) is 85.6 Å². The SMILES string of the molecule is CCCCc1nc(Cl)c(CO)n1Cc1ccc(C(=O)O)cc1.CCCCc1nc(Cl)c(COC(C)=O)n1Cc1ccc(C(=O)O)cc1. The fraction of sp³-hybridized carbons (Fsp3) is 0.382. The quantitative estimate of drug-likeness (QED) is 0.114. The largest absolute Gasteiger partial charge is 0.478 e. The minimum atomic E-state index is -0.962. The van der Waals surface area contributed by atoms with E-state index in [0.717, 1.165) is 61.3 Å². The second kappa shape index (κ2) is 18.2. The molecule has 0 saturated heterocycles. The first-order chi connectivity index (χ1) is 22.5. The van der Waals surface area contributed by atoms with Crippen LogP contribution in [0, 0.1) is 0 Å². The van der Waals surface area contributed by atoms with Gasteiger partial charge in [-0.1, -0.05) is 74.2 Å². The normalized spacial score (nSPS) is 10.8. The maximum Gasteiger partial charge on any atom is 0.335 e. The predicted octanol–water partition coefficient (Wildman–Crippen LogP) is 6.81. The first kappa shape index (κ1) is 37.3. The van der Waals surface area contributed by atoms with Crippen molar-refractivity contribution in [1.82, 2.24) is 19.1 Å². The van der Waals surface area contributed by atoms with Gasteiger partial charge in [0, 0.05) is 32.9 Å². The van der Waals surface area contributed by atoms with Crippen LogP contribution in [0.1, 0.15) is 101 Å². The fourth-order valence-electron chi connectivity index (χ4n) is 4.76. The van der Waals surface area contributed by atoms with E-state index in [1.54, 1.807) is 48.5 Å². The topological polar surface area (TPSA) is 157 Å². The summed E-state index contributed by atoms with van der Waals surface area (Å²) < 4.78 is 8.95. The third kappa shape index (κ3) is 10.7. The Kier molecular flexibility index (Phi) is 14.5. The van der Waals surface area contributed by atoms with Crippen LogP contribution in [-0.4, -0.2) is 52.3 Å². The minimum absolute atomic E-state index is 0.0561. The van der Waals surface area contributed by atoms with E-state index in [1.807, 2.05) is 9.13 Å². The van der Waals surface area contributed by atoms with Gasteiger partial charge in [-0.15, -0.1) is 0 Å². The van der Waals surface area contributed by atoms with E-state index in [9.17, 15) is 19.5 Å². The van der Waals surface area contributed by atoms with Gasteiger partial charge in [-0.25, -0.2) is 19.6 Å². The van der Waals surface area contributed by atoms with Crippen LogP contribution in [0.5, 0.6) is 0 Å². The number of benzene rings is 2. The molecule has 0 radical (unpaired) electrons. The number of hydrogen-bond acceptors (Lipinski definition) is 7. The van der Waals surface area contributed by atoms with E-state index in [1.165, 1.54) is 6.92 Å². The summed E-state index contributed by atoms with van der Waals surface area (Å²) in [5.74, 6) is -0.618. The molecular formula is C34H40Cl2N4O7. The molecule has 0 aliphatic carbocycles. The van der Waals surface area contributed by atoms with E-state index < -0.39 is 11.9 Å². The maximum absolute atomic E-state index is 11.1. The van der Waals surface area contributed by atoms with Gasteiger partial charge in [-0.05, 0) is 48.2 Å². The molecule has 0 spiro atoms. The monoisotopic (exact) mass is 686 g/mol. The van der Waals surface area contributed by atoms with Gasteiger partial charge in [0.2, 0.25) is 0 Å². The lowest BCUT2D eigenvalue weighted by atomic mass is 10.1. The number of esters is 1. The van der Waals surface area contributed by atoms with Gasteiger partial charge in [-0.2, -0.15) is 0 Å². The number of halogens is 2. The van der Waals surface area contributed by atoms with Crippen LogP contribution in [0.15, 0.2) is 48.5 Å². The molecule has 2 aromatic carbocycles. The summed E-state index contributed by atoms with van der Waals surface area (Å²) in [5, 5.41) is 28.1. The molecule has 47 heavy (non-hydrogen) atoms. The van der Waals surface area contributed by atoms with Gasteiger partial charge in [-0.3, -0.25) is 4.79 Å². The number of aliphatic hydroxyl groups excluding tert-OH is 1. The number of carbonyl (C=O) groups is 3. The predicted molar refractivity (Wildman–Crippen MR) is 178 cm³/mol. The Balaban J connectivity index is 0.000000257. The van der Waals surface area contributed by atoms with Gasteiger partial charge in [0.15, 0.2) is 10.3 Å². The molecule has 0 bridgehead atoms. The molecule has 0 aliphatic rings. The number of aromatic carboxylic acids is 2. The number of nitrogens with zero attached hydrogens (tertiary/aromatic N) is 4. The fourth-order valence-corrected chi connectivity index (χ4v) is 5.28. The molecular weight excluding hydrogens is 647 g/mol. The first-order valence-electron chi connectivity index (χ1n) is 15.3. The molecule has 11 nitrogen and oxygen atoms in total. The summed E-state index contributed by atoms with van der Waals surface area (Å²) in [6, 6.07) is 13.3. The van der Waals surface area contributed by atoms with Crippen molar-refractivity contribution in [1.29, 1.82) is 0 Å². The van der Waals surface area contributed by atoms with E-state index in [2.05, 4.69) is 23.8 Å². The lowest BCUT2D eigenvalue weighted by Gasteiger charge is -2.12. The summed E-state index contributed by atoms with van der Waals surface area (Å²) >= 11 is 12.3. The van der Waals surface area contributed by atoms with Crippen LogP contribution in [0.3, 0.4) is 0 Å². The molecule has 0 aliphatic heterocycles. The van der Waals surface area contributed by atoms with Crippen LogP contribution < -0.4 is 0 Å². The Morgan fingerprint density at radius 2 is 1.13 bits per heavy atom. The highest BCUT2D eigenvalue weighted by Crippen LogP contribution is 2.23. The van der Waals surface area contributed by atoms with E-state index in [4.69, 9.17) is 38.2 Å². The molecule has 3 N–H and O–H groups in total. The number of carboxylic acid groups (broad SMARTS) is 2. The van der Waals surface area contributed by atoms with Crippen molar-refractivity contribution < 1.29 is 34.4 Å². The molecule has 0 fully saturated rings. The second-order valence-corrected chi connectivity index (χ2v) is 11.6. The molecule has 0 atom stereocenters. The van der Waals surface area contributed by atoms with Gasteiger partial charge >= 0.3 is 17.9 Å². The number of aliphatic hydroxyl groups is 1. The highest BCUT2D eigenvalue weighted by atomic mass is 35.5. The zero-order valence-electron chi connectivity index (χ0n) is 26.7. The Labute approximate surface area is 283 Å². The molecule has 4 rings (SSSR count). The smallest absolute Gasteiger partial charge is 0.335 e. The minimum Gasteiger partial charge on any atom is -0.478 e. The molecule has 0 unspecified atom stereocenters. The zero-order valence-corrected chi connectivity index (χ0v) is 28.2. The van der Waals surface area contributed by atoms with Crippen LogP contribution in [0.25, 0.3) is 0 Å². The van der Waals surface area contributed by atoms with E-state index in [-0.39, 0.29) is 30.3 Å². The summed E-state index contributed by atoms with van der Waals surface area (Å²) in [6.45, 7) is 6.42. The van der Waals surface area contributed by atoms with Crippen LogP contribution >= 0.6 is 23.2 Å². The Bertz CT molecular complexity index is 1650. The van der Waals surface area contributed by atoms with Crippen molar-refractivity contribution in [2.75, 3.05) is 0 Å². The third-order valence-corrected chi connectivity index (χ3v) is 7.96. The number of ether oxygens (including phenoxy) is 1. The molecule has 0 amide bonds. The number of carbonyl (C=O) groups excluding carboxylic acids is 1. The summed E-state index contributed by atoms with van der Waals surface area (Å²) in [7, 11) is 0. The Hall–Kier alpha value is -4.19. The molecule has 0 saturated carbocycles. The highest BCUT2D eigenvalue weighted by Gasteiger charge is 2.18. The summed E-state index contributed by atoms with van der Waals surface area (Å²) in [5.41, 5.74) is 3.58. The van der Waals surface area contributed by atoms with Crippen molar-refractivity contribution in [3.8, 4) is 0 Å². The Morgan fingerprint density at radius 1 is 0.723 bits per heavy atom. The van der Waals surface area contributed by atoms with Crippen LogP contribution in [-0.2, 0) is 48.7 Å². The average molecular weight is 688 g/mol. The number of rotatable bonds is 15. The summed E-state index contributed by atoms with van der Waals surface area (Å²) in [6.07, 6.45) is 5.60. The van der Waals surface area contributed by atoms with Gasteiger partial charge in [0.25, 0.3) is 0 Å². The molecule has 13 heteroatoms. The van der Waals surface area contributed by atoms with Crippen molar-refractivity contribution >= 4 is 41.1 Å². The first-order valence-corrected chi connectivity index (χ1v) is 16.1. The second-order valence-electron chi connectivity index (χ2n) is 10.9. The Morgan fingerprint density at radius 3 is 1.49 bits per heavy atom. The summed E-state index contributed by atoms with van der Waals surface area (Å²) in [4.78, 5) is 41.7. The van der Waals surface area contributed by atoms with E-state index >= 15 is 0 Å². The highest BCUT2D eigenvalue weighted by molar-refractivity contribution is 6.30. The lowest BCUT2D eigenvalue weighted by Crippen LogP contribution is -2.11. The number of unbranched alkanes of at least 4 members (excludes halogenated alkanes) is 2. The van der Waals surface area contributed by atoms with Crippen molar-refractivity contribution in [2.24, 2.45) is 0 Å². The average Bonchev–Trinajstić information content (AvgIpc) is 3.51. The number of hydrogen-bond donors (Lipinski definition) is 3. The number of imidazole rings is 2. The number of aryl methyl sites for hydroxylation is 2. The molecule has 2 aromatic heterocycles. The zero-order chi connectivity index (χ0) is 34.5. The van der Waals surface area contributed by atoms with Gasteiger partial charge < -0.3 is 29.2 Å². The van der Waals surface area contributed by atoms with Crippen molar-refractivity contribution in [3.63, 3.8) is 0 Å². The standard InChI is InChI=1S/C18H21ClN2O4.C16H19ClN2O3/c1-3-4-5-16-20-17(19)15(11-25-12(2)22)21(16)10-13-6-8-14(9-7-13)18(23)24;1-2-3-4-14-18-15(17)13(10-20)19(14)9-11-5-7-12(8-6-11)16(21)22/h6-9H,3-5,10-11H2,1-2H3,(H,23,24);5-8,20H,2-4,9-10H2,1H3,(H,21,22). The van der Waals surface area contributed by atoms with Gasteiger partial charge in [0.05, 0.1) is 29.1 Å². The van der Waals surface area contributed by atoms with Gasteiger partial charge in [0.1, 0.15) is 18.3 Å². The number of carboxylic acids is 2.